The Morgan fingerprint density at radius 1 is 1.25 bits per heavy atom. The van der Waals surface area contributed by atoms with E-state index in [0.29, 0.717) is 0 Å². The summed E-state index contributed by atoms with van der Waals surface area (Å²) in [5.41, 5.74) is -0.0455. The van der Waals surface area contributed by atoms with E-state index < -0.39 is 5.97 Å². The molecule has 60 valence electrons. The second-order valence-electron chi connectivity index (χ2n) is 1.90. The van der Waals surface area contributed by atoms with Crippen LogP contribution in [0.3, 0.4) is 0 Å². The molecule has 12 heavy (non-hydrogen) atoms. The van der Waals surface area contributed by atoms with Gasteiger partial charge in [-0.3, -0.25) is 0 Å². The second kappa shape index (κ2) is 5.93. The summed E-state index contributed by atoms with van der Waals surface area (Å²) < 4.78 is 0. The van der Waals surface area contributed by atoms with E-state index in [4.69, 9.17) is 28.3 Å². The molecule has 0 saturated heterocycles. The first-order valence-corrected chi connectivity index (χ1v) is 3.56. The van der Waals surface area contributed by atoms with E-state index in [-0.39, 0.29) is 84.5 Å². The summed E-state index contributed by atoms with van der Waals surface area (Å²) in [6.07, 6.45) is 0. The summed E-state index contributed by atoms with van der Waals surface area (Å²) >= 11 is 11.1. The van der Waals surface area contributed by atoms with Crippen LogP contribution >= 0.6 is 23.2 Å². The number of carboxylic acid groups (broad SMARTS) is 1. The van der Waals surface area contributed by atoms with Gasteiger partial charge in [0.15, 0.2) is 0 Å². The Morgan fingerprint density at radius 2 is 1.67 bits per heavy atom. The van der Waals surface area contributed by atoms with Gasteiger partial charge in [0.05, 0.1) is 15.6 Å². The Hall–Kier alpha value is 1.32. The van der Waals surface area contributed by atoms with Gasteiger partial charge in [-0.05, 0) is 12.1 Å². The fourth-order valence-corrected chi connectivity index (χ4v) is 1.26. The third kappa shape index (κ3) is 3.23. The Kier molecular flexibility index (Phi) is 6.58. The Labute approximate surface area is 139 Å². The summed E-state index contributed by atoms with van der Waals surface area (Å²) in [5.74, 6) is -1.11. The van der Waals surface area contributed by atoms with Crippen LogP contribution in [-0.2, 0) is 0 Å². The summed E-state index contributed by atoms with van der Waals surface area (Å²) in [6, 6.07) is 4.56. The average Bonchev–Trinajstić information content (AvgIpc) is 1.85. The van der Waals surface area contributed by atoms with Gasteiger partial charge in [-0.25, -0.2) is 4.79 Å². The normalized spacial score (nSPS) is 8.83. The van der Waals surface area contributed by atoms with Crippen LogP contribution in [0.15, 0.2) is 18.2 Å². The van der Waals surface area contributed by atoms with Gasteiger partial charge >= 0.3 is 74.9 Å². The standard InChI is InChI=1S/C7H4Cl2O2.Cs.H/c8-4-2-1-3-5(9)6(4)7(10)11;;/h1-3H,(H,10,11);;. The van der Waals surface area contributed by atoms with E-state index in [1.165, 1.54) is 12.1 Å². The molecule has 0 aliphatic heterocycles. The number of benzene rings is 1. The fourth-order valence-electron chi connectivity index (χ4n) is 0.702. The third-order valence-electron chi connectivity index (χ3n) is 1.18. The van der Waals surface area contributed by atoms with Crippen molar-refractivity contribution >= 4 is 98.1 Å². The van der Waals surface area contributed by atoms with Gasteiger partial charge in [-0.2, -0.15) is 0 Å². The van der Waals surface area contributed by atoms with Gasteiger partial charge in [0, 0.05) is 0 Å². The maximum absolute atomic E-state index is 10.5. The minimum atomic E-state index is -1.11. The van der Waals surface area contributed by atoms with Crippen molar-refractivity contribution in [2.45, 2.75) is 0 Å². The topological polar surface area (TPSA) is 37.3 Å². The molecule has 0 heterocycles. The Balaban J connectivity index is 0.00000121. The molecule has 0 aromatic heterocycles. The molecule has 1 aromatic rings. The minimum absolute atomic E-state index is 0. The third-order valence-corrected chi connectivity index (χ3v) is 1.81. The van der Waals surface area contributed by atoms with E-state index in [0.717, 1.165) is 0 Å². The average molecular weight is 325 g/mol. The van der Waals surface area contributed by atoms with Crippen molar-refractivity contribution in [1.29, 1.82) is 0 Å². The monoisotopic (exact) mass is 324 g/mol. The number of halogens is 2. The molecule has 0 fully saturated rings. The van der Waals surface area contributed by atoms with E-state index >= 15 is 0 Å². The zero-order valence-electron chi connectivity index (χ0n) is 5.34. The van der Waals surface area contributed by atoms with Gasteiger partial charge < -0.3 is 5.11 Å². The number of carbonyl (C=O) groups is 1. The molecular weight excluding hydrogens is 320 g/mol. The van der Waals surface area contributed by atoms with Gasteiger partial charge in [-0.1, -0.05) is 29.3 Å². The van der Waals surface area contributed by atoms with Crippen molar-refractivity contribution in [2.75, 3.05) is 0 Å². The van der Waals surface area contributed by atoms with Gasteiger partial charge in [0.1, 0.15) is 0 Å². The molecule has 5 heteroatoms. The van der Waals surface area contributed by atoms with Crippen molar-refractivity contribution in [3.8, 4) is 0 Å². The second-order valence-corrected chi connectivity index (χ2v) is 2.72. The van der Waals surface area contributed by atoms with Crippen LogP contribution in [-0.4, -0.2) is 80.0 Å². The van der Waals surface area contributed by atoms with Crippen molar-refractivity contribution < 1.29 is 9.90 Å². The molecule has 0 aliphatic carbocycles. The van der Waals surface area contributed by atoms with Crippen molar-refractivity contribution in [1.82, 2.24) is 0 Å². The van der Waals surface area contributed by atoms with Crippen molar-refractivity contribution in [3.63, 3.8) is 0 Å². The molecule has 0 atom stereocenters. The van der Waals surface area contributed by atoms with Crippen LogP contribution in [0.2, 0.25) is 10.0 Å². The molecule has 2 nitrogen and oxygen atoms in total. The molecule has 0 radical (unpaired) electrons. The number of rotatable bonds is 1. The number of aromatic carboxylic acids is 1. The van der Waals surface area contributed by atoms with E-state index in [2.05, 4.69) is 0 Å². The fraction of sp³-hybridized carbons (Fsp3) is 0. The molecular formula is C7H5Cl2CsO2. The maximum atomic E-state index is 10.5. The van der Waals surface area contributed by atoms with E-state index in [1.807, 2.05) is 0 Å². The van der Waals surface area contributed by atoms with Crippen molar-refractivity contribution in [2.24, 2.45) is 0 Å². The number of carboxylic acids is 1. The van der Waals surface area contributed by atoms with Crippen LogP contribution in [0.25, 0.3) is 0 Å². The Bertz CT molecular complexity index is 281. The van der Waals surface area contributed by atoms with Crippen LogP contribution < -0.4 is 0 Å². The van der Waals surface area contributed by atoms with Crippen LogP contribution in [0.4, 0.5) is 0 Å². The number of hydrogen-bond acceptors (Lipinski definition) is 1. The quantitative estimate of drug-likeness (QED) is 0.858. The molecule has 1 aromatic carbocycles. The Morgan fingerprint density at radius 3 is 1.92 bits per heavy atom. The van der Waals surface area contributed by atoms with Crippen LogP contribution in [0, 0.1) is 0 Å². The number of hydrogen-bond donors (Lipinski definition) is 1. The van der Waals surface area contributed by atoms with Gasteiger partial charge in [0.2, 0.25) is 0 Å². The van der Waals surface area contributed by atoms with Crippen molar-refractivity contribution in [3.05, 3.63) is 33.8 Å². The summed E-state index contributed by atoms with van der Waals surface area (Å²) in [4.78, 5) is 10.5. The zero-order valence-corrected chi connectivity index (χ0v) is 6.86. The summed E-state index contributed by atoms with van der Waals surface area (Å²) in [5, 5.41) is 8.89. The van der Waals surface area contributed by atoms with Crippen LogP contribution in [0.1, 0.15) is 10.4 Å². The van der Waals surface area contributed by atoms with Gasteiger partial charge in [0.25, 0.3) is 0 Å². The predicted octanol–water partition coefficient (Wildman–Crippen LogP) is 2.04. The molecule has 0 unspecified atom stereocenters. The first-order chi connectivity index (χ1) is 5.13. The molecule has 1 N–H and O–H groups in total. The molecule has 0 spiro atoms. The zero-order chi connectivity index (χ0) is 8.43. The van der Waals surface area contributed by atoms with E-state index in [9.17, 15) is 4.79 Å². The SMILES string of the molecule is O=C(O)c1c(Cl)cccc1Cl.[CsH]. The molecule has 0 bridgehead atoms. The molecule has 0 saturated carbocycles. The van der Waals surface area contributed by atoms with E-state index in [1.54, 1.807) is 6.07 Å². The molecule has 0 aliphatic rings. The predicted molar refractivity (Wildman–Crippen MR) is 50.6 cm³/mol. The summed E-state index contributed by atoms with van der Waals surface area (Å²) in [7, 11) is 0. The molecule has 0 amide bonds. The first-order valence-electron chi connectivity index (χ1n) is 2.80. The van der Waals surface area contributed by atoms with Gasteiger partial charge in [-0.15, -0.1) is 0 Å². The van der Waals surface area contributed by atoms with Crippen LogP contribution in [0.5, 0.6) is 0 Å². The summed E-state index contributed by atoms with van der Waals surface area (Å²) in [6.45, 7) is 0. The first kappa shape index (κ1) is 13.3. The molecule has 1 rings (SSSR count).